The van der Waals surface area contributed by atoms with E-state index in [4.69, 9.17) is 9.31 Å². The Labute approximate surface area is 149 Å². The van der Waals surface area contributed by atoms with E-state index in [9.17, 15) is 9.18 Å². The summed E-state index contributed by atoms with van der Waals surface area (Å²) in [7, 11) is -0.686. The van der Waals surface area contributed by atoms with E-state index < -0.39 is 24.1 Å². The minimum absolute atomic E-state index is 0.161. The molecular weight excluding hydrogens is 322 g/mol. The van der Waals surface area contributed by atoms with Crippen LogP contribution < -0.4 is 10.8 Å². The maximum atomic E-state index is 14.2. The highest BCUT2D eigenvalue weighted by atomic mass is 19.1. The number of rotatable bonds is 2. The lowest BCUT2D eigenvalue weighted by Gasteiger charge is -2.32. The molecule has 1 N–H and O–H groups in total. The fraction of sp³-hybridized carbons (Fsp3) is 0.611. The number of nitrogens with one attached hydrogen (secondary N) is 1. The molecule has 0 radical (unpaired) electrons. The molecule has 0 saturated carbocycles. The minimum atomic E-state index is -0.686. The number of hydrogen-bond acceptors (Lipinski definition) is 4. The number of benzene rings is 1. The fourth-order valence-corrected chi connectivity index (χ4v) is 3.15. The molecule has 7 heteroatoms. The molecule has 3 rings (SSSR count). The lowest BCUT2D eigenvalue weighted by atomic mass is 9.78. The maximum Gasteiger partial charge on any atom is 0.494 e. The second kappa shape index (κ2) is 6.38. The maximum absolute atomic E-state index is 14.2. The van der Waals surface area contributed by atoms with Crippen LogP contribution in [0.25, 0.3) is 0 Å². The Kier molecular flexibility index (Phi) is 4.68. The monoisotopic (exact) mass is 348 g/mol. The summed E-state index contributed by atoms with van der Waals surface area (Å²) in [6.07, 6.45) is 0. The Morgan fingerprint density at radius 3 is 2.48 bits per heavy atom. The van der Waals surface area contributed by atoms with Crippen LogP contribution in [-0.2, 0) is 9.31 Å². The highest BCUT2D eigenvalue weighted by Crippen LogP contribution is 2.36. The van der Waals surface area contributed by atoms with Crippen molar-refractivity contribution in [3.63, 3.8) is 0 Å². The fourth-order valence-electron chi connectivity index (χ4n) is 3.15. The van der Waals surface area contributed by atoms with Gasteiger partial charge in [0.2, 0.25) is 0 Å². The number of piperazine rings is 1. The van der Waals surface area contributed by atoms with Gasteiger partial charge in [-0.3, -0.25) is 4.79 Å². The largest absolute Gasteiger partial charge is 0.494 e. The molecule has 2 aliphatic rings. The first-order valence-corrected chi connectivity index (χ1v) is 8.78. The molecular formula is C18H26BFN2O3. The highest BCUT2D eigenvalue weighted by molar-refractivity contribution is 6.62. The van der Waals surface area contributed by atoms with Gasteiger partial charge < -0.3 is 19.5 Å². The van der Waals surface area contributed by atoms with E-state index in [1.807, 2.05) is 34.6 Å². The van der Waals surface area contributed by atoms with E-state index in [0.717, 1.165) is 6.54 Å². The van der Waals surface area contributed by atoms with Gasteiger partial charge in [0, 0.05) is 31.2 Å². The molecule has 2 heterocycles. The Hall–Kier alpha value is -1.44. The lowest BCUT2D eigenvalue weighted by molar-refractivity contribution is 0.00578. The summed E-state index contributed by atoms with van der Waals surface area (Å²) in [4.78, 5) is 14.5. The van der Waals surface area contributed by atoms with Crippen molar-refractivity contribution < 1.29 is 18.5 Å². The Morgan fingerprint density at radius 2 is 1.88 bits per heavy atom. The van der Waals surface area contributed by atoms with Gasteiger partial charge in [-0.05, 0) is 58.3 Å². The number of carbonyl (C=O) groups is 1. The van der Waals surface area contributed by atoms with Crippen molar-refractivity contribution in [1.82, 2.24) is 10.2 Å². The van der Waals surface area contributed by atoms with Crippen LogP contribution in [0, 0.1) is 5.82 Å². The zero-order valence-corrected chi connectivity index (χ0v) is 15.6. The van der Waals surface area contributed by atoms with Crippen LogP contribution in [0.2, 0.25) is 0 Å². The molecule has 2 fully saturated rings. The molecule has 0 spiro atoms. The third kappa shape index (κ3) is 3.59. The molecule has 1 aromatic rings. The second-order valence-corrected chi connectivity index (χ2v) is 7.97. The molecule has 2 aliphatic heterocycles. The number of carbonyl (C=O) groups excluding carboxylic acids is 1. The summed E-state index contributed by atoms with van der Waals surface area (Å²) in [5, 5.41) is 3.30. The average Bonchev–Trinajstić information content (AvgIpc) is 2.74. The molecule has 0 aromatic heterocycles. The van der Waals surface area contributed by atoms with Crippen LogP contribution in [0.5, 0.6) is 0 Å². The average molecular weight is 348 g/mol. The minimum Gasteiger partial charge on any atom is -0.399 e. The van der Waals surface area contributed by atoms with Crippen LogP contribution in [0.15, 0.2) is 18.2 Å². The van der Waals surface area contributed by atoms with Crippen LogP contribution >= 0.6 is 0 Å². The van der Waals surface area contributed by atoms with Crippen molar-refractivity contribution in [2.45, 2.75) is 51.9 Å². The first-order valence-electron chi connectivity index (χ1n) is 8.78. The van der Waals surface area contributed by atoms with E-state index in [2.05, 4.69) is 5.32 Å². The molecule has 0 unspecified atom stereocenters. The van der Waals surface area contributed by atoms with Gasteiger partial charge in [0.05, 0.1) is 11.2 Å². The molecule has 136 valence electrons. The number of nitrogens with zero attached hydrogens (tertiary/aromatic N) is 1. The molecule has 1 amide bonds. The highest BCUT2D eigenvalue weighted by Gasteiger charge is 2.51. The molecule has 25 heavy (non-hydrogen) atoms. The smallest absolute Gasteiger partial charge is 0.399 e. The summed E-state index contributed by atoms with van der Waals surface area (Å²) in [6.45, 7) is 11.8. The van der Waals surface area contributed by atoms with E-state index in [1.165, 1.54) is 12.1 Å². The Bertz CT molecular complexity index is 664. The van der Waals surface area contributed by atoms with E-state index in [0.29, 0.717) is 24.1 Å². The van der Waals surface area contributed by atoms with Gasteiger partial charge in [-0.15, -0.1) is 0 Å². The van der Waals surface area contributed by atoms with Crippen molar-refractivity contribution >= 4 is 18.5 Å². The predicted octanol–water partition coefficient (Wildman–Crippen LogP) is 1.56. The van der Waals surface area contributed by atoms with Gasteiger partial charge in [-0.2, -0.15) is 0 Å². The topological polar surface area (TPSA) is 50.8 Å². The van der Waals surface area contributed by atoms with E-state index in [-0.39, 0.29) is 11.9 Å². The number of halogens is 1. The summed E-state index contributed by atoms with van der Waals surface area (Å²) in [6, 6.07) is 4.57. The summed E-state index contributed by atoms with van der Waals surface area (Å²) in [5.74, 6) is -0.621. The summed E-state index contributed by atoms with van der Waals surface area (Å²) < 4.78 is 26.1. The number of hydrogen-bond donors (Lipinski definition) is 1. The van der Waals surface area contributed by atoms with Crippen LogP contribution in [0.4, 0.5) is 4.39 Å². The molecule has 2 saturated heterocycles. The third-order valence-electron chi connectivity index (χ3n) is 5.35. The van der Waals surface area contributed by atoms with Crippen molar-refractivity contribution in [2.75, 3.05) is 19.6 Å². The first-order chi connectivity index (χ1) is 11.6. The van der Waals surface area contributed by atoms with E-state index >= 15 is 0 Å². The van der Waals surface area contributed by atoms with Crippen LogP contribution in [0.1, 0.15) is 45.0 Å². The summed E-state index contributed by atoms with van der Waals surface area (Å²) >= 11 is 0. The van der Waals surface area contributed by atoms with Gasteiger partial charge in [-0.1, -0.05) is 0 Å². The Morgan fingerprint density at radius 1 is 1.24 bits per heavy atom. The van der Waals surface area contributed by atoms with Crippen molar-refractivity contribution in [1.29, 1.82) is 0 Å². The van der Waals surface area contributed by atoms with Crippen molar-refractivity contribution in [3.8, 4) is 0 Å². The van der Waals surface area contributed by atoms with Gasteiger partial charge in [0.25, 0.3) is 5.91 Å². The van der Waals surface area contributed by atoms with Gasteiger partial charge in [-0.25, -0.2) is 4.39 Å². The zero-order chi connectivity index (χ0) is 18.4. The molecule has 1 aromatic carbocycles. The van der Waals surface area contributed by atoms with Crippen LogP contribution in [0.3, 0.4) is 0 Å². The van der Waals surface area contributed by atoms with E-state index in [1.54, 1.807) is 11.0 Å². The second-order valence-electron chi connectivity index (χ2n) is 7.97. The molecule has 0 bridgehead atoms. The summed E-state index contributed by atoms with van der Waals surface area (Å²) in [5.41, 5.74) is -0.159. The molecule has 5 nitrogen and oxygen atoms in total. The third-order valence-corrected chi connectivity index (χ3v) is 5.35. The Balaban J connectivity index is 1.85. The van der Waals surface area contributed by atoms with Crippen molar-refractivity contribution in [2.24, 2.45) is 0 Å². The normalized spacial score (nSPS) is 25.3. The first kappa shape index (κ1) is 18.4. The predicted molar refractivity (Wildman–Crippen MR) is 95.5 cm³/mol. The van der Waals surface area contributed by atoms with Crippen LogP contribution in [-0.4, -0.2) is 54.8 Å². The molecule has 0 aliphatic carbocycles. The SMILES string of the molecule is C[C@@H]1CN(C(=O)c2cc(F)cc(B3OC(C)(C)C(C)(C)O3)c2)CCN1. The zero-order valence-electron chi connectivity index (χ0n) is 15.6. The van der Waals surface area contributed by atoms with Gasteiger partial charge in [0.15, 0.2) is 0 Å². The van der Waals surface area contributed by atoms with Gasteiger partial charge in [0.1, 0.15) is 5.82 Å². The molecule has 1 atom stereocenters. The standard InChI is InChI=1S/C18H26BFN2O3/c1-12-11-22(7-6-21-12)16(23)13-8-14(10-15(20)9-13)19-24-17(2,3)18(4,5)25-19/h8-10,12,21H,6-7,11H2,1-5H3/t12-/m1/s1. The van der Waals surface area contributed by atoms with Gasteiger partial charge >= 0.3 is 7.12 Å². The number of amides is 1. The van der Waals surface area contributed by atoms with Crippen molar-refractivity contribution in [3.05, 3.63) is 29.6 Å². The quantitative estimate of drug-likeness (QED) is 0.825. The lowest BCUT2D eigenvalue weighted by Crippen LogP contribution is -2.51.